The van der Waals surface area contributed by atoms with Crippen LogP contribution >= 0.6 is 0 Å². The molecule has 2 aliphatic heterocycles. The molecule has 2 amide bonds. The molecule has 166 valence electrons. The summed E-state index contributed by atoms with van der Waals surface area (Å²) in [6.07, 6.45) is 1.49. The van der Waals surface area contributed by atoms with E-state index in [1.165, 1.54) is 0 Å². The zero-order chi connectivity index (χ0) is 21.8. The van der Waals surface area contributed by atoms with Gasteiger partial charge in [-0.25, -0.2) is 0 Å². The van der Waals surface area contributed by atoms with Crippen molar-refractivity contribution in [1.29, 1.82) is 0 Å². The number of rotatable bonds is 6. The minimum atomic E-state index is -0.825. The molecule has 2 atom stereocenters. The number of carbonyl (C=O) groups is 2. The molecule has 0 aromatic heterocycles. The Morgan fingerprint density at radius 1 is 1.30 bits per heavy atom. The van der Waals surface area contributed by atoms with E-state index in [1.807, 2.05) is 6.92 Å². The maximum atomic E-state index is 12.9. The van der Waals surface area contributed by atoms with E-state index in [2.05, 4.69) is 15.5 Å². The summed E-state index contributed by atoms with van der Waals surface area (Å²) in [4.78, 5) is 26.6. The summed E-state index contributed by atoms with van der Waals surface area (Å²) < 4.78 is 11.3. The van der Waals surface area contributed by atoms with Gasteiger partial charge in [0.05, 0.1) is 18.2 Å². The predicted octanol–water partition coefficient (Wildman–Crippen LogP) is 0.936. The van der Waals surface area contributed by atoms with Gasteiger partial charge in [-0.2, -0.15) is 0 Å². The van der Waals surface area contributed by atoms with Gasteiger partial charge >= 0.3 is 0 Å². The van der Waals surface area contributed by atoms with Crippen LogP contribution in [0.1, 0.15) is 43.0 Å². The van der Waals surface area contributed by atoms with E-state index in [-0.39, 0.29) is 11.8 Å². The second-order valence-electron chi connectivity index (χ2n) is 8.43. The van der Waals surface area contributed by atoms with Crippen molar-refractivity contribution in [1.82, 2.24) is 15.5 Å². The second kappa shape index (κ2) is 9.32. The van der Waals surface area contributed by atoms with Gasteiger partial charge in [0.2, 0.25) is 5.91 Å². The summed E-state index contributed by atoms with van der Waals surface area (Å²) in [6, 6.07) is 6.97. The third kappa shape index (κ3) is 4.77. The van der Waals surface area contributed by atoms with Crippen molar-refractivity contribution in [3.63, 3.8) is 0 Å². The van der Waals surface area contributed by atoms with E-state index < -0.39 is 17.2 Å². The number of hydrogen-bond donors (Lipinski definition) is 3. The molecule has 2 heterocycles. The number of hydrogen-bond acceptors (Lipinski definition) is 6. The molecule has 0 unspecified atom stereocenters. The lowest BCUT2D eigenvalue weighted by Gasteiger charge is -2.53. The van der Waals surface area contributed by atoms with Crippen LogP contribution in [0.15, 0.2) is 24.3 Å². The molecule has 1 aromatic carbocycles. The molecule has 3 N–H and O–H groups in total. The average molecular weight is 420 g/mol. The van der Waals surface area contributed by atoms with Gasteiger partial charge in [-0.15, -0.1) is 0 Å². The van der Waals surface area contributed by atoms with Crippen LogP contribution in [-0.4, -0.2) is 79.5 Å². The molecule has 1 spiro atoms. The molecule has 2 aliphatic rings. The molecule has 0 saturated carbocycles. The standard InChI is InChI=1S/C22H33N3O5/c1-21(24-19(27)16-5-4-6-17(15-16)29-3)10-14-30-22(20(21)28)8-12-25(13-9-22)11-7-18(26)23-2/h4-6,15,20,28H,7-14H2,1-3H3,(H,23,26)(H,24,27)/t20-,21+/m0/s1. The van der Waals surface area contributed by atoms with Crippen molar-refractivity contribution in [2.24, 2.45) is 0 Å². The van der Waals surface area contributed by atoms with Gasteiger partial charge in [0.1, 0.15) is 11.9 Å². The van der Waals surface area contributed by atoms with Crippen LogP contribution in [0.3, 0.4) is 0 Å². The number of methoxy groups -OCH3 is 1. The van der Waals surface area contributed by atoms with E-state index in [0.717, 1.165) is 13.1 Å². The lowest BCUT2D eigenvalue weighted by Crippen LogP contribution is -2.69. The van der Waals surface area contributed by atoms with E-state index in [0.29, 0.717) is 50.1 Å². The monoisotopic (exact) mass is 419 g/mol. The van der Waals surface area contributed by atoms with Crippen LogP contribution in [0.5, 0.6) is 5.75 Å². The first-order valence-electron chi connectivity index (χ1n) is 10.5. The highest BCUT2D eigenvalue weighted by Gasteiger charge is 2.53. The van der Waals surface area contributed by atoms with Gasteiger partial charge in [0.25, 0.3) is 5.91 Å². The fourth-order valence-electron chi connectivity index (χ4n) is 4.45. The Morgan fingerprint density at radius 3 is 2.70 bits per heavy atom. The van der Waals surface area contributed by atoms with Crippen molar-refractivity contribution in [3.8, 4) is 5.75 Å². The zero-order valence-corrected chi connectivity index (χ0v) is 18.1. The SMILES string of the molecule is CNC(=O)CCN1CCC2(CC1)OCC[C@@](C)(NC(=O)c1cccc(OC)c1)[C@@H]2O. The fourth-order valence-corrected chi connectivity index (χ4v) is 4.45. The molecular formula is C22H33N3O5. The number of benzene rings is 1. The van der Waals surface area contributed by atoms with Gasteiger partial charge < -0.3 is 30.1 Å². The fraction of sp³-hybridized carbons (Fsp3) is 0.636. The number of nitrogens with one attached hydrogen (secondary N) is 2. The molecule has 3 rings (SSSR count). The molecular weight excluding hydrogens is 386 g/mol. The summed E-state index contributed by atoms with van der Waals surface area (Å²) in [5, 5.41) is 17.0. The highest BCUT2D eigenvalue weighted by molar-refractivity contribution is 5.95. The highest BCUT2D eigenvalue weighted by atomic mass is 16.5. The van der Waals surface area contributed by atoms with Gasteiger partial charge in [-0.1, -0.05) is 6.07 Å². The molecule has 8 nitrogen and oxygen atoms in total. The van der Waals surface area contributed by atoms with E-state index >= 15 is 0 Å². The van der Waals surface area contributed by atoms with Crippen LogP contribution in [0, 0.1) is 0 Å². The van der Waals surface area contributed by atoms with Crippen molar-refractivity contribution in [2.45, 2.75) is 49.9 Å². The smallest absolute Gasteiger partial charge is 0.251 e. The molecule has 2 saturated heterocycles. The third-order valence-electron chi connectivity index (χ3n) is 6.48. The van der Waals surface area contributed by atoms with Gasteiger partial charge in [-0.3, -0.25) is 9.59 Å². The molecule has 1 aromatic rings. The Morgan fingerprint density at radius 2 is 2.03 bits per heavy atom. The Labute approximate surface area is 177 Å². The number of ether oxygens (including phenoxy) is 2. The lowest BCUT2D eigenvalue weighted by molar-refractivity contribution is -0.205. The zero-order valence-electron chi connectivity index (χ0n) is 18.1. The normalized spacial score (nSPS) is 26.2. The first-order valence-corrected chi connectivity index (χ1v) is 10.5. The van der Waals surface area contributed by atoms with Crippen molar-refractivity contribution >= 4 is 11.8 Å². The van der Waals surface area contributed by atoms with Crippen molar-refractivity contribution in [2.75, 3.05) is 40.4 Å². The number of amides is 2. The molecule has 0 radical (unpaired) electrons. The first kappa shape index (κ1) is 22.5. The Balaban J connectivity index is 1.64. The molecule has 0 bridgehead atoms. The summed E-state index contributed by atoms with van der Waals surface area (Å²) in [5.74, 6) is 0.397. The van der Waals surface area contributed by atoms with Crippen LogP contribution < -0.4 is 15.4 Å². The largest absolute Gasteiger partial charge is 0.497 e. The van der Waals surface area contributed by atoms with Gasteiger partial charge in [-0.05, 0) is 44.4 Å². The Bertz CT molecular complexity index is 763. The van der Waals surface area contributed by atoms with Crippen LogP contribution in [0.25, 0.3) is 0 Å². The van der Waals surface area contributed by atoms with E-state index in [9.17, 15) is 14.7 Å². The topological polar surface area (TPSA) is 100 Å². The second-order valence-corrected chi connectivity index (χ2v) is 8.43. The van der Waals surface area contributed by atoms with E-state index in [1.54, 1.807) is 38.4 Å². The number of carbonyl (C=O) groups excluding carboxylic acids is 2. The average Bonchev–Trinajstić information content (AvgIpc) is 2.77. The maximum Gasteiger partial charge on any atom is 0.251 e. The molecule has 30 heavy (non-hydrogen) atoms. The van der Waals surface area contributed by atoms with Crippen LogP contribution in [0.2, 0.25) is 0 Å². The summed E-state index contributed by atoms with van der Waals surface area (Å²) in [6.45, 7) is 4.54. The van der Waals surface area contributed by atoms with Crippen molar-refractivity contribution in [3.05, 3.63) is 29.8 Å². The summed E-state index contributed by atoms with van der Waals surface area (Å²) >= 11 is 0. The number of piperidine rings is 1. The lowest BCUT2D eigenvalue weighted by atomic mass is 9.73. The maximum absolute atomic E-state index is 12.9. The Kier molecular flexibility index (Phi) is 7.00. The minimum absolute atomic E-state index is 0.0251. The summed E-state index contributed by atoms with van der Waals surface area (Å²) in [7, 11) is 3.20. The first-order chi connectivity index (χ1) is 14.3. The van der Waals surface area contributed by atoms with Gasteiger partial charge in [0.15, 0.2) is 0 Å². The molecule has 0 aliphatic carbocycles. The number of aliphatic hydroxyl groups excluding tert-OH is 1. The number of nitrogens with zero attached hydrogens (tertiary/aromatic N) is 1. The highest BCUT2D eigenvalue weighted by Crippen LogP contribution is 2.40. The minimum Gasteiger partial charge on any atom is -0.497 e. The van der Waals surface area contributed by atoms with E-state index in [4.69, 9.17) is 9.47 Å². The number of aliphatic hydroxyl groups is 1. The molecule has 8 heteroatoms. The van der Waals surface area contributed by atoms with Crippen LogP contribution in [-0.2, 0) is 9.53 Å². The Hall–Kier alpha value is -2.16. The quantitative estimate of drug-likeness (QED) is 0.635. The molecule has 2 fully saturated rings. The van der Waals surface area contributed by atoms with Gasteiger partial charge in [0, 0.05) is 45.3 Å². The predicted molar refractivity (Wildman–Crippen MR) is 113 cm³/mol. The third-order valence-corrected chi connectivity index (χ3v) is 6.48. The van der Waals surface area contributed by atoms with Crippen molar-refractivity contribution < 1.29 is 24.2 Å². The summed E-state index contributed by atoms with van der Waals surface area (Å²) in [5.41, 5.74) is -0.978. The van der Waals surface area contributed by atoms with Crippen LogP contribution in [0.4, 0.5) is 0 Å². The number of likely N-dealkylation sites (tertiary alicyclic amines) is 1.